The summed E-state index contributed by atoms with van der Waals surface area (Å²) in [6.07, 6.45) is 0. The van der Waals surface area contributed by atoms with Gasteiger partial charge in [-0.05, 0) is 65.7 Å². The van der Waals surface area contributed by atoms with Crippen LogP contribution in [-0.2, 0) is 0 Å². The Bertz CT molecular complexity index is 2170. The number of para-hydroxylation sites is 2. The average Bonchev–Trinajstić information content (AvgIpc) is 3.41. The average molecular weight is 555 g/mol. The minimum absolute atomic E-state index is 0.169. The Kier molecular flexibility index (Phi) is 6.39. The lowest BCUT2D eigenvalue weighted by molar-refractivity contribution is 0.630. The zero-order valence-corrected chi connectivity index (χ0v) is 22.9. The van der Waals surface area contributed by atoms with E-state index >= 15 is 0 Å². The van der Waals surface area contributed by atoms with Gasteiger partial charge in [0.25, 0.3) is 0 Å². The molecule has 0 aliphatic rings. The molecule has 43 heavy (non-hydrogen) atoms. The normalized spacial score (nSPS) is 10.9. The Hall–Kier alpha value is -6.17. The molecule has 0 amide bonds. The first kappa shape index (κ1) is 25.8. The van der Waals surface area contributed by atoms with E-state index in [1.54, 1.807) is 0 Å². The van der Waals surface area contributed by atoms with Crippen LogP contribution in [0.1, 0.15) is 5.56 Å². The molecule has 1 aromatic heterocycles. The molecule has 5 heteroatoms. The summed E-state index contributed by atoms with van der Waals surface area (Å²) >= 11 is 0. The lowest BCUT2D eigenvalue weighted by atomic mass is 10.1. The molecule has 6 aromatic carbocycles. The van der Waals surface area contributed by atoms with E-state index in [4.69, 9.17) is 6.57 Å². The number of aromatic nitrogens is 1. The van der Waals surface area contributed by atoms with Gasteiger partial charge in [0, 0.05) is 27.8 Å². The number of hydrogen-bond acceptors (Lipinski definition) is 2. The molecule has 0 spiro atoms. The largest absolute Gasteiger partial charge is 0.311 e. The van der Waals surface area contributed by atoms with Crippen LogP contribution < -0.4 is 4.90 Å². The molecule has 0 radical (unpaired) electrons. The molecule has 7 aromatic rings. The quantitative estimate of drug-likeness (QED) is 0.198. The van der Waals surface area contributed by atoms with Gasteiger partial charge in [0.1, 0.15) is 11.9 Å². The number of anilines is 3. The molecular weight excluding hydrogens is 531 g/mol. The zero-order valence-electron chi connectivity index (χ0n) is 22.9. The van der Waals surface area contributed by atoms with Gasteiger partial charge in [0.05, 0.1) is 28.9 Å². The Balaban J connectivity index is 1.50. The highest BCUT2D eigenvalue weighted by Gasteiger charge is 2.22. The Morgan fingerprint density at radius 2 is 1.33 bits per heavy atom. The van der Waals surface area contributed by atoms with Crippen molar-refractivity contribution in [1.82, 2.24) is 4.57 Å². The maximum atomic E-state index is 14.9. The predicted octanol–water partition coefficient (Wildman–Crippen LogP) is 10.5. The van der Waals surface area contributed by atoms with Crippen LogP contribution in [0.15, 0.2) is 140 Å². The number of nitriles is 1. The van der Waals surface area contributed by atoms with E-state index in [9.17, 15) is 9.65 Å². The predicted molar refractivity (Wildman–Crippen MR) is 172 cm³/mol. The Morgan fingerprint density at radius 3 is 2.05 bits per heavy atom. The van der Waals surface area contributed by atoms with Crippen molar-refractivity contribution >= 4 is 44.6 Å². The van der Waals surface area contributed by atoms with Gasteiger partial charge in [-0.1, -0.05) is 84.9 Å². The fourth-order valence-electron chi connectivity index (χ4n) is 5.79. The number of rotatable bonds is 5. The topological polar surface area (TPSA) is 36.3 Å². The van der Waals surface area contributed by atoms with Crippen molar-refractivity contribution in [2.24, 2.45) is 0 Å². The minimum Gasteiger partial charge on any atom is -0.311 e. The fraction of sp³-hybridized carbons (Fsp3) is 0. The summed E-state index contributed by atoms with van der Waals surface area (Å²) in [4.78, 5) is 5.38. The molecule has 0 fully saturated rings. The molecule has 0 unspecified atom stereocenters. The van der Waals surface area contributed by atoms with Crippen molar-refractivity contribution in [3.8, 4) is 22.9 Å². The molecule has 4 nitrogen and oxygen atoms in total. The van der Waals surface area contributed by atoms with Crippen molar-refractivity contribution in [2.75, 3.05) is 4.90 Å². The van der Waals surface area contributed by atoms with Crippen LogP contribution in [0.2, 0.25) is 0 Å². The third kappa shape index (κ3) is 4.37. The zero-order chi connectivity index (χ0) is 29.3. The van der Waals surface area contributed by atoms with Gasteiger partial charge in [0.2, 0.25) is 5.69 Å². The Morgan fingerprint density at radius 1 is 0.674 bits per heavy atom. The fourth-order valence-corrected chi connectivity index (χ4v) is 5.79. The summed E-state index contributed by atoms with van der Waals surface area (Å²) in [5.41, 5.74) is 7.22. The lowest BCUT2D eigenvalue weighted by Crippen LogP contribution is -2.11. The monoisotopic (exact) mass is 554 g/mol. The molecule has 7 rings (SSSR count). The molecule has 0 N–H and O–H groups in total. The van der Waals surface area contributed by atoms with Crippen LogP contribution in [0.25, 0.3) is 43.5 Å². The van der Waals surface area contributed by atoms with Gasteiger partial charge in [0.15, 0.2) is 0 Å². The van der Waals surface area contributed by atoms with E-state index in [-0.39, 0.29) is 11.3 Å². The van der Waals surface area contributed by atoms with Gasteiger partial charge in [-0.2, -0.15) is 5.26 Å². The first-order chi connectivity index (χ1) is 21.2. The van der Waals surface area contributed by atoms with Crippen molar-refractivity contribution in [3.63, 3.8) is 0 Å². The highest BCUT2D eigenvalue weighted by Crippen LogP contribution is 2.45. The van der Waals surface area contributed by atoms with Crippen LogP contribution in [-0.4, -0.2) is 4.57 Å². The van der Waals surface area contributed by atoms with Crippen molar-refractivity contribution < 1.29 is 4.39 Å². The van der Waals surface area contributed by atoms with Gasteiger partial charge in [-0.25, -0.2) is 9.24 Å². The number of fused-ring (bicyclic) bond motifs is 3. The van der Waals surface area contributed by atoms with Crippen LogP contribution in [0.3, 0.4) is 0 Å². The molecule has 0 saturated heterocycles. The second kappa shape index (κ2) is 10.7. The summed E-state index contributed by atoms with van der Waals surface area (Å²) in [5, 5.41) is 11.8. The van der Waals surface area contributed by atoms with Crippen molar-refractivity contribution in [2.45, 2.75) is 0 Å². The lowest BCUT2D eigenvalue weighted by Gasteiger charge is -2.27. The van der Waals surface area contributed by atoms with Gasteiger partial charge in [-0.15, -0.1) is 0 Å². The summed E-state index contributed by atoms with van der Waals surface area (Å²) in [6, 6.07) is 47.9. The van der Waals surface area contributed by atoms with E-state index < -0.39 is 5.82 Å². The van der Waals surface area contributed by atoms with Crippen LogP contribution in [0.5, 0.6) is 0 Å². The molecule has 1 heterocycles. The third-order valence-electron chi connectivity index (χ3n) is 7.70. The second-order valence-electron chi connectivity index (χ2n) is 10.2. The molecule has 0 aliphatic heterocycles. The van der Waals surface area contributed by atoms with Crippen LogP contribution >= 0.6 is 0 Å². The highest BCUT2D eigenvalue weighted by molar-refractivity contribution is 6.16. The third-order valence-corrected chi connectivity index (χ3v) is 7.70. The van der Waals surface area contributed by atoms with Gasteiger partial charge < -0.3 is 9.47 Å². The summed E-state index contributed by atoms with van der Waals surface area (Å²) in [7, 11) is 0. The van der Waals surface area contributed by atoms with Crippen molar-refractivity contribution in [3.05, 3.63) is 162 Å². The van der Waals surface area contributed by atoms with E-state index in [1.807, 2.05) is 83.8 Å². The van der Waals surface area contributed by atoms with E-state index in [0.29, 0.717) is 5.69 Å². The first-order valence-electron chi connectivity index (χ1n) is 13.8. The SMILES string of the molecule is [C-]#[N+]c1cc(N(c2ccccc2)c2cccc3c2c2ccccc2n3-c2ccc(-c3ccccc3)cc2)cc(C#N)c1F. The van der Waals surface area contributed by atoms with Crippen LogP contribution in [0.4, 0.5) is 27.1 Å². The number of benzene rings is 6. The van der Waals surface area contributed by atoms with Crippen molar-refractivity contribution in [1.29, 1.82) is 5.26 Å². The van der Waals surface area contributed by atoms with Crippen LogP contribution in [0, 0.1) is 23.7 Å². The minimum atomic E-state index is -0.803. The molecule has 0 bridgehead atoms. The molecular formula is C38H23FN4. The maximum absolute atomic E-state index is 14.9. The molecule has 0 aliphatic carbocycles. The van der Waals surface area contributed by atoms with E-state index in [1.165, 1.54) is 12.1 Å². The summed E-state index contributed by atoms with van der Waals surface area (Å²) in [6.45, 7) is 7.56. The molecule has 202 valence electrons. The number of nitrogens with zero attached hydrogens (tertiary/aromatic N) is 4. The van der Waals surface area contributed by atoms with Gasteiger partial charge in [-0.3, -0.25) is 0 Å². The number of halogens is 1. The summed E-state index contributed by atoms with van der Waals surface area (Å²) in [5.74, 6) is -0.803. The molecule has 0 saturated carbocycles. The maximum Gasteiger partial charge on any atom is 0.225 e. The molecule has 0 atom stereocenters. The smallest absolute Gasteiger partial charge is 0.225 e. The van der Waals surface area contributed by atoms with E-state index in [0.717, 1.165) is 50.0 Å². The first-order valence-corrected chi connectivity index (χ1v) is 13.8. The standard InChI is InChI=1S/C38H23FN4/c1-41-33-24-31(23-28(25-40)38(33)39)42(29-13-6-3-7-14-29)35-17-10-18-36-37(35)32-15-8-9-16-34(32)43(36)30-21-19-27(20-22-30)26-11-4-2-5-12-26/h2-24H. The summed E-state index contributed by atoms with van der Waals surface area (Å²) < 4.78 is 17.1. The number of hydrogen-bond donors (Lipinski definition) is 0. The van der Waals surface area contributed by atoms with Gasteiger partial charge >= 0.3 is 0 Å². The van der Waals surface area contributed by atoms with E-state index in [2.05, 4.69) is 64.0 Å². The second-order valence-corrected chi connectivity index (χ2v) is 10.2. The Labute approximate surface area is 248 Å². The highest BCUT2D eigenvalue weighted by atomic mass is 19.1.